The number of nitrogens with zero attached hydrogens (tertiary/aromatic N) is 1. The highest BCUT2D eigenvalue weighted by Gasteiger charge is 2.33. The summed E-state index contributed by atoms with van der Waals surface area (Å²) in [6, 6.07) is -1.05. The maximum atomic E-state index is 12.5. The smallest absolute Gasteiger partial charge is 0.408 e. The zero-order valence-corrected chi connectivity index (χ0v) is 13.8. The first-order valence-electron chi connectivity index (χ1n) is 7.71. The molecule has 128 valence electrons. The SMILES string of the molecule is C[C@@H](O)[C@H](NC(=O)OC(C)(C)C)C(=O)N1CCCC(CO)C1. The number of piperidine rings is 1. The average Bonchev–Trinajstić information content (AvgIpc) is 2.42. The lowest BCUT2D eigenvalue weighted by Crippen LogP contribution is -2.56. The number of aliphatic hydroxyl groups excluding tert-OH is 2. The molecule has 0 aliphatic carbocycles. The van der Waals surface area contributed by atoms with Crippen LogP contribution in [-0.2, 0) is 9.53 Å². The van der Waals surface area contributed by atoms with Gasteiger partial charge in [-0.1, -0.05) is 0 Å². The van der Waals surface area contributed by atoms with Gasteiger partial charge >= 0.3 is 6.09 Å². The number of carbonyl (C=O) groups is 2. The number of likely N-dealkylation sites (tertiary alicyclic amines) is 1. The lowest BCUT2D eigenvalue weighted by Gasteiger charge is -2.35. The number of hydrogen-bond acceptors (Lipinski definition) is 5. The van der Waals surface area contributed by atoms with Gasteiger partial charge in [-0.05, 0) is 46.5 Å². The summed E-state index contributed by atoms with van der Waals surface area (Å²) in [4.78, 5) is 25.9. The molecule has 7 heteroatoms. The van der Waals surface area contributed by atoms with E-state index in [-0.39, 0.29) is 18.4 Å². The standard InChI is InChI=1S/C15H28N2O5/c1-10(19)12(16-14(21)22-15(2,3)4)13(20)17-7-5-6-11(8-17)9-18/h10-12,18-19H,5-9H2,1-4H3,(H,16,21)/t10-,11?,12+/m1/s1. The van der Waals surface area contributed by atoms with Crippen molar-refractivity contribution in [1.29, 1.82) is 0 Å². The second-order valence-corrected chi connectivity index (χ2v) is 6.84. The van der Waals surface area contributed by atoms with Crippen LogP contribution in [0.2, 0.25) is 0 Å². The van der Waals surface area contributed by atoms with Crippen molar-refractivity contribution < 1.29 is 24.5 Å². The molecule has 22 heavy (non-hydrogen) atoms. The van der Waals surface area contributed by atoms with Crippen LogP contribution in [-0.4, -0.2) is 64.6 Å². The molecule has 1 rings (SSSR count). The molecule has 0 saturated carbocycles. The first-order valence-corrected chi connectivity index (χ1v) is 7.71. The average molecular weight is 316 g/mol. The van der Waals surface area contributed by atoms with E-state index in [4.69, 9.17) is 4.74 Å². The Balaban J connectivity index is 2.69. The fourth-order valence-corrected chi connectivity index (χ4v) is 2.43. The Hall–Kier alpha value is -1.34. The van der Waals surface area contributed by atoms with E-state index in [1.54, 1.807) is 25.7 Å². The molecule has 0 aromatic rings. The van der Waals surface area contributed by atoms with Gasteiger partial charge in [0.2, 0.25) is 5.91 Å². The zero-order chi connectivity index (χ0) is 16.9. The minimum atomic E-state index is -1.05. The van der Waals surface area contributed by atoms with Crippen molar-refractivity contribution in [3.05, 3.63) is 0 Å². The topological polar surface area (TPSA) is 99.1 Å². The van der Waals surface area contributed by atoms with E-state index in [9.17, 15) is 19.8 Å². The van der Waals surface area contributed by atoms with Crippen molar-refractivity contribution in [3.63, 3.8) is 0 Å². The summed E-state index contributed by atoms with van der Waals surface area (Å²) < 4.78 is 5.13. The summed E-state index contributed by atoms with van der Waals surface area (Å²) in [6.45, 7) is 7.66. The van der Waals surface area contributed by atoms with Gasteiger partial charge in [-0.3, -0.25) is 4.79 Å². The molecule has 0 bridgehead atoms. The maximum absolute atomic E-state index is 12.5. The molecule has 1 heterocycles. The molecule has 7 nitrogen and oxygen atoms in total. The van der Waals surface area contributed by atoms with Crippen molar-refractivity contribution in [1.82, 2.24) is 10.2 Å². The van der Waals surface area contributed by atoms with Crippen molar-refractivity contribution in [2.75, 3.05) is 19.7 Å². The predicted octanol–water partition coefficient (Wildman–Crippen LogP) is 0.491. The number of ether oxygens (including phenoxy) is 1. The lowest BCUT2D eigenvalue weighted by atomic mass is 9.98. The largest absolute Gasteiger partial charge is 0.444 e. The molecule has 2 amide bonds. The van der Waals surface area contributed by atoms with Gasteiger partial charge in [-0.2, -0.15) is 0 Å². The predicted molar refractivity (Wildman–Crippen MR) is 81.2 cm³/mol. The number of rotatable bonds is 4. The van der Waals surface area contributed by atoms with Crippen LogP contribution in [0.4, 0.5) is 4.79 Å². The van der Waals surface area contributed by atoms with Crippen LogP contribution < -0.4 is 5.32 Å². The molecular formula is C15H28N2O5. The van der Waals surface area contributed by atoms with E-state index < -0.39 is 23.8 Å². The summed E-state index contributed by atoms with van der Waals surface area (Å²) in [6.07, 6.45) is -0.0910. The van der Waals surface area contributed by atoms with E-state index in [2.05, 4.69) is 5.32 Å². The summed E-state index contributed by atoms with van der Waals surface area (Å²) in [5, 5.41) is 21.5. The van der Waals surface area contributed by atoms with E-state index in [1.807, 2.05) is 0 Å². The van der Waals surface area contributed by atoms with Crippen LogP contribution in [0.5, 0.6) is 0 Å². The lowest BCUT2D eigenvalue weighted by molar-refractivity contribution is -0.138. The Morgan fingerprint density at radius 1 is 1.41 bits per heavy atom. The van der Waals surface area contributed by atoms with Crippen molar-refractivity contribution in [2.45, 2.75) is 58.3 Å². The summed E-state index contributed by atoms with van der Waals surface area (Å²) in [5.74, 6) is -0.298. The van der Waals surface area contributed by atoms with E-state index in [1.165, 1.54) is 6.92 Å². The fraction of sp³-hybridized carbons (Fsp3) is 0.867. The number of nitrogens with one attached hydrogen (secondary N) is 1. The molecule has 1 saturated heterocycles. The third kappa shape index (κ3) is 5.81. The Morgan fingerprint density at radius 3 is 2.55 bits per heavy atom. The Kier molecular flexibility index (Phi) is 6.62. The zero-order valence-electron chi connectivity index (χ0n) is 13.8. The Bertz CT molecular complexity index is 392. The molecule has 3 N–H and O–H groups in total. The van der Waals surface area contributed by atoms with Crippen molar-refractivity contribution in [2.24, 2.45) is 5.92 Å². The minimum absolute atomic E-state index is 0.0304. The highest BCUT2D eigenvalue weighted by molar-refractivity contribution is 5.86. The molecule has 1 fully saturated rings. The van der Waals surface area contributed by atoms with Gasteiger partial charge in [0.15, 0.2) is 0 Å². The normalized spacial score (nSPS) is 21.9. The molecule has 0 aromatic carbocycles. The number of alkyl carbamates (subject to hydrolysis) is 1. The van der Waals surface area contributed by atoms with Crippen LogP contribution in [0, 0.1) is 5.92 Å². The van der Waals surface area contributed by atoms with Crippen LogP contribution in [0.25, 0.3) is 0 Å². The maximum Gasteiger partial charge on any atom is 0.408 e. The van der Waals surface area contributed by atoms with Gasteiger partial charge in [-0.25, -0.2) is 4.79 Å². The van der Waals surface area contributed by atoms with Crippen LogP contribution in [0.1, 0.15) is 40.5 Å². The first-order chi connectivity index (χ1) is 10.1. The van der Waals surface area contributed by atoms with Crippen LogP contribution in [0.15, 0.2) is 0 Å². The van der Waals surface area contributed by atoms with Gasteiger partial charge in [0, 0.05) is 19.7 Å². The molecule has 1 unspecified atom stereocenters. The van der Waals surface area contributed by atoms with Crippen molar-refractivity contribution >= 4 is 12.0 Å². The number of carbonyl (C=O) groups excluding carboxylic acids is 2. The third-order valence-electron chi connectivity index (χ3n) is 3.51. The quantitative estimate of drug-likeness (QED) is 0.701. The highest BCUT2D eigenvalue weighted by atomic mass is 16.6. The number of aliphatic hydroxyl groups is 2. The van der Waals surface area contributed by atoms with E-state index >= 15 is 0 Å². The van der Waals surface area contributed by atoms with Gasteiger partial charge in [0.1, 0.15) is 11.6 Å². The summed E-state index contributed by atoms with van der Waals surface area (Å²) in [5.41, 5.74) is -0.677. The van der Waals surface area contributed by atoms with Gasteiger partial charge in [0.25, 0.3) is 0 Å². The molecule has 0 radical (unpaired) electrons. The van der Waals surface area contributed by atoms with Crippen LogP contribution in [0.3, 0.4) is 0 Å². The molecular weight excluding hydrogens is 288 g/mol. The first kappa shape index (κ1) is 18.7. The monoisotopic (exact) mass is 316 g/mol. The van der Waals surface area contributed by atoms with Crippen molar-refractivity contribution in [3.8, 4) is 0 Å². The fourth-order valence-electron chi connectivity index (χ4n) is 2.43. The third-order valence-corrected chi connectivity index (χ3v) is 3.51. The van der Waals surface area contributed by atoms with Gasteiger partial charge < -0.3 is 25.2 Å². The summed E-state index contributed by atoms with van der Waals surface area (Å²) >= 11 is 0. The van der Waals surface area contributed by atoms with Gasteiger partial charge in [-0.15, -0.1) is 0 Å². The highest BCUT2D eigenvalue weighted by Crippen LogP contribution is 2.17. The molecule has 1 aliphatic heterocycles. The Morgan fingerprint density at radius 2 is 2.05 bits per heavy atom. The molecule has 1 aliphatic rings. The molecule has 3 atom stereocenters. The van der Waals surface area contributed by atoms with Gasteiger partial charge in [0.05, 0.1) is 6.10 Å². The Labute approximate surface area is 131 Å². The summed E-state index contributed by atoms with van der Waals surface area (Å²) in [7, 11) is 0. The molecule has 0 spiro atoms. The number of amides is 2. The van der Waals surface area contributed by atoms with E-state index in [0.717, 1.165) is 12.8 Å². The van der Waals surface area contributed by atoms with Crippen LogP contribution >= 0.6 is 0 Å². The second kappa shape index (κ2) is 7.78. The number of hydrogen-bond donors (Lipinski definition) is 3. The van der Waals surface area contributed by atoms with E-state index in [0.29, 0.717) is 13.1 Å². The second-order valence-electron chi connectivity index (χ2n) is 6.84. The minimum Gasteiger partial charge on any atom is -0.444 e. The molecule has 0 aromatic heterocycles.